The molecule has 0 spiro atoms. The number of amides is 2. The summed E-state index contributed by atoms with van der Waals surface area (Å²) in [6.45, 7) is 4.94. The van der Waals surface area contributed by atoms with Crippen molar-refractivity contribution in [1.82, 2.24) is 15.1 Å². The van der Waals surface area contributed by atoms with Gasteiger partial charge in [0.25, 0.3) is 0 Å². The van der Waals surface area contributed by atoms with Gasteiger partial charge in [0.15, 0.2) is 0 Å². The smallest absolute Gasteiger partial charge is 0.409 e. The molecule has 0 aromatic heterocycles. The van der Waals surface area contributed by atoms with Gasteiger partial charge in [-0.05, 0) is 19.8 Å². The first-order chi connectivity index (χ1) is 10.7. The van der Waals surface area contributed by atoms with E-state index in [1.165, 1.54) is 38.5 Å². The van der Waals surface area contributed by atoms with Crippen molar-refractivity contribution in [3.05, 3.63) is 0 Å². The Labute approximate surface area is 133 Å². The summed E-state index contributed by atoms with van der Waals surface area (Å²) in [5, 5.41) is 3.42. The number of ether oxygens (including phenoxy) is 1. The van der Waals surface area contributed by atoms with E-state index in [9.17, 15) is 9.59 Å². The van der Waals surface area contributed by atoms with Crippen molar-refractivity contribution in [2.75, 3.05) is 39.3 Å². The van der Waals surface area contributed by atoms with Crippen molar-refractivity contribution in [1.29, 1.82) is 0 Å². The van der Waals surface area contributed by atoms with E-state index >= 15 is 0 Å². The molecule has 1 aliphatic carbocycles. The minimum atomic E-state index is -0.272. The van der Waals surface area contributed by atoms with Gasteiger partial charge in [-0.2, -0.15) is 0 Å². The van der Waals surface area contributed by atoms with Crippen LogP contribution in [0.25, 0.3) is 0 Å². The van der Waals surface area contributed by atoms with Gasteiger partial charge >= 0.3 is 6.09 Å². The minimum absolute atomic E-state index is 0.146. The molecule has 0 unspecified atom stereocenters. The van der Waals surface area contributed by atoms with Gasteiger partial charge in [-0.25, -0.2) is 4.79 Å². The summed E-state index contributed by atoms with van der Waals surface area (Å²) in [6, 6.07) is 0.493. The molecule has 1 heterocycles. The molecule has 0 bridgehead atoms. The van der Waals surface area contributed by atoms with E-state index in [-0.39, 0.29) is 12.0 Å². The van der Waals surface area contributed by atoms with Crippen molar-refractivity contribution in [2.24, 2.45) is 0 Å². The molecule has 1 aliphatic heterocycles. The zero-order valence-electron chi connectivity index (χ0n) is 13.7. The van der Waals surface area contributed by atoms with E-state index in [4.69, 9.17) is 4.74 Å². The molecular weight excluding hydrogens is 282 g/mol. The number of carbonyl (C=O) groups excluding carboxylic acids is 2. The van der Waals surface area contributed by atoms with Crippen LogP contribution in [0.5, 0.6) is 0 Å². The van der Waals surface area contributed by atoms with Crippen molar-refractivity contribution in [3.63, 3.8) is 0 Å². The van der Waals surface area contributed by atoms with Gasteiger partial charge in [0.05, 0.1) is 13.2 Å². The summed E-state index contributed by atoms with van der Waals surface area (Å²) in [7, 11) is 0. The van der Waals surface area contributed by atoms with E-state index in [0.29, 0.717) is 45.4 Å². The van der Waals surface area contributed by atoms with Gasteiger partial charge in [0, 0.05) is 32.2 Å². The SMILES string of the molecule is CCOC(=O)N1CCN(C(=O)CNC2CCCCCC2)CC1. The minimum Gasteiger partial charge on any atom is -0.450 e. The molecule has 6 nitrogen and oxygen atoms in total. The highest BCUT2D eigenvalue weighted by Crippen LogP contribution is 2.17. The summed E-state index contributed by atoms with van der Waals surface area (Å²) in [5.41, 5.74) is 0. The summed E-state index contributed by atoms with van der Waals surface area (Å²) in [4.78, 5) is 27.4. The Bertz CT molecular complexity index is 360. The molecule has 2 fully saturated rings. The molecule has 0 aromatic rings. The Morgan fingerprint density at radius 3 is 2.18 bits per heavy atom. The number of carbonyl (C=O) groups is 2. The Morgan fingerprint density at radius 2 is 1.59 bits per heavy atom. The lowest BCUT2D eigenvalue weighted by Crippen LogP contribution is -2.53. The van der Waals surface area contributed by atoms with E-state index in [2.05, 4.69) is 5.32 Å². The number of hydrogen-bond acceptors (Lipinski definition) is 4. The Kier molecular flexibility index (Phi) is 6.96. The molecule has 126 valence electrons. The van der Waals surface area contributed by atoms with Crippen LogP contribution in [0, 0.1) is 0 Å². The predicted octanol–water partition coefficient (Wildman–Crippen LogP) is 1.60. The second kappa shape index (κ2) is 8.98. The second-order valence-electron chi connectivity index (χ2n) is 6.14. The van der Waals surface area contributed by atoms with Crippen LogP contribution >= 0.6 is 0 Å². The third-order valence-electron chi connectivity index (χ3n) is 4.56. The molecule has 1 saturated heterocycles. The molecule has 6 heteroatoms. The molecule has 0 aromatic carbocycles. The number of piperazine rings is 1. The van der Waals surface area contributed by atoms with Crippen molar-refractivity contribution in [3.8, 4) is 0 Å². The normalized spacial score (nSPS) is 20.6. The van der Waals surface area contributed by atoms with E-state index < -0.39 is 0 Å². The second-order valence-corrected chi connectivity index (χ2v) is 6.14. The maximum atomic E-state index is 12.3. The fourth-order valence-electron chi connectivity index (χ4n) is 3.18. The van der Waals surface area contributed by atoms with Crippen LogP contribution in [0.1, 0.15) is 45.4 Å². The first kappa shape index (κ1) is 17.1. The highest BCUT2D eigenvalue weighted by atomic mass is 16.6. The molecule has 2 rings (SSSR count). The number of nitrogens with one attached hydrogen (secondary N) is 1. The van der Waals surface area contributed by atoms with E-state index in [1.54, 1.807) is 11.8 Å². The third kappa shape index (κ3) is 5.16. The Balaban J connectivity index is 1.67. The number of nitrogens with zero attached hydrogens (tertiary/aromatic N) is 2. The standard InChI is InChI=1S/C16H29N3O3/c1-2-22-16(21)19-11-9-18(10-12-19)15(20)13-17-14-7-5-3-4-6-8-14/h14,17H,2-13H2,1H3. The summed E-state index contributed by atoms with van der Waals surface area (Å²) >= 11 is 0. The Hall–Kier alpha value is -1.30. The third-order valence-corrected chi connectivity index (χ3v) is 4.56. The van der Waals surface area contributed by atoms with Crippen LogP contribution < -0.4 is 5.32 Å². The van der Waals surface area contributed by atoms with Gasteiger partial charge in [-0.15, -0.1) is 0 Å². The van der Waals surface area contributed by atoms with Crippen LogP contribution in [0.4, 0.5) is 4.79 Å². The summed E-state index contributed by atoms with van der Waals surface area (Å²) in [6.07, 6.45) is 7.28. The van der Waals surface area contributed by atoms with Crippen LogP contribution in [0.3, 0.4) is 0 Å². The van der Waals surface area contributed by atoms with Crippen LogP contribution in [0.2, 0.25) is 0 Å². The predicted molar refractivity (Wildman–Crippen MR) is 84.7 cm³/mol. The first-order valence-electron chi connectivity index (χ1n) is 8.63. The summed E-state index contributed by atoms with van der Waals surface area (Å²) < 4.78 is 4.99. The molecule has 0 radical (unpaired) electrons. The quantitative estimate of drug-likeness (QED) is 0.801. The summed E-state index contributed by atoms with van der Waals surface area (Å²) in [5.74, 6) is 0.146. The van der Waals surface area contributed by atoms with E-state index in [1.807, 2.05) is 4.90 Å². The van der Waals surface area contributed by atoms with Crippen molar-refractivity contribution >= 4 is 12.0 Å². The van der Waals surface area contributed by atoms with Gasteiger partial charge in [0.1, 0.15) is 0 Å². The topological polar surface area (TPSA) is 61.9 Å². The first-order valence-corrected chi connectivity index (χ1v) is 8.63. The molecule has 22 heavy (non-hydrogen) atoms. The highest BCUT2D eigenvalue weighted by molar-refractivity contribution is 5.78. The maximum absolute atomic E-state index is 12.3. The van der Waals surface area contributed by atoms with Gasteiger partial charge < -0.3 is 19.9 Å². The van der Waals surface area contributed by atoms with Gasteiger partial charge in [-0.3, -0.25) is 4.79 Å². The molecule has 1 N–H and O–H groups in total. The average molecular weight is 311 g/mol. The lowest BCUT2D eigenvalue weighted by molar-refractivity contribution is -0.132. The zero-order valence-corrected chi connectivity index (χ0v) is 13.7. The molecule has 2 amide bonds. The van der Waals surface area contributed by atoms with Crippen LogP contribution in [0.15, 0.2) is 0 Å². The number of hydrogen-bond donors (Lipinski definition) is 1. The monoisotopic (exact) mass is 311 g/mol. The lowest BCUT2D eigenvalue weighted by Gasteiger charge is -2.34. The van der Waals surface area contributed by atoms with Crippen LogP contribution in [-0.4, -0.2) is 67.2 Å². The molecule has 0 atom stereocenters. The van der Waals surface area contributed by atoms with Gasteiger partial charge in [-0.1, -0.05) is 25.7 Å². The van der Waals surface area contributed by atoms with Crippen molar-refractivity contribution < 1.29 is 14.3 Å². The van der Waals surface area contributed by atoms with Gasteiger partial charge in [0.2, 0.25) is 5.91 Å². The van der Waals surface area contributed by atoms with Crippen LogP contribution in [-0.2, 0) is 9.53 Å². The van der Waals surface area contributed by atoms with E-state index in [0.717, 1.165) is 0 Å². The Morgan fingerprint density at radius 1 is 1.00 bits per heavy atom. The average Bonchev–Trinajstić information content (AvgIpc) is 2.82. The maximum Gasteiger partial charge on any atom is 0.409 e. The lowest BCUT2D eigenvalue weighted by atomic mass is 10.1. The zero-order chi connectivity index (χ0) is 15.8. The molecule has 2 aliphatic rings. The fourth-order valence-corrected chi connectivity index (χ4v) is 3.18. The largest absolute Gasteiger partial charge is 0.450 e. The number of rotatable bonds is 4. The van der Waals surface area contributed by atoms with Crippen molar-refractivity contribution in [2.45, 2.75) is 51.5 Å². The molecule has 1 saturated carbocycles. The highest BCUT2D eigenvalue weighted by Gasteiger charge is 2.25. The fraction of sp³-hybridized carbons (Fsp3) is 0.875. The molecular formula is C16H29N3O3.